The lowest BCUT2D eigenvalue weighted by Gasteiger charge is -2.23. The molecule has 0 bridgehead atoms. The zero-order valence-electron chi connectivity index (χ0n) is 22.1. The van der Waals surface area contributed by atoms with Gasteiger partial charge in [0.25, 0.3) is 0 Å². The minimum atomic E-state index is 0.383. The molecule has 0 amide bonds. The van der Waals surface area contributed by atoms with Gasteiger partial charge in [0.15, 0.2) is 34.8 Å². The number of hydrogen-bond donors (Lipinski definition) is 0. The van der Waals surface area contributed by atoms with Crippen molar-refractivity contribution >= 4 is 5.71 Å². The molecule has 1 aliphatic heterocycles. The summed E-state index contributed by atoms with van der Waals surface area (Å²) >= 11 is 0. The Morgan fingerprint density at radius 3 is 2.03 bits per heavy atom. The Morgan fingerprint density at radius 1 is 0.750 bits per heavy atom. The molecule has 0 radical (unpaired) electrons. The van der Waals surface area contributed by atoms with Gasteiger partial charge in [-0.2, -0.15) is 0 Å². The van der Waals surface area contributed by atoms with Crippen LogP contribution >= 0.6 is 0 Å². The van der Waals surface area contributed by atoms with E-state index in [0.717, 1.165) is 41.9 Å². The standard InChI is InChI=1S/C30H36NO5/c1-20-14-23-17-26(32-3)27(36-19-21-10-8-7-9-11-21)18-24(23)25(31(20)2)13-12-22-15-28(33-4)30(35-6)29(16-22)34-5/h7-11,15-18,20H,12-14,19H2,1-6H3/q+1. The van der Waals surface area contributed by atoms with Gasteiger partial charge in [-0.25, -0.2) is 4.58 Å². The Hall–Kier alpha value is -3.67. The van der Waals surface area contributed by atoms with Crippen LogP contribution in [0.25, 0.3) is 0 Å². The molecule has 0 saturated heterocycles. The Morgan fingerprint density at radius 2 is 1.42 bits per heavy atom. The zero-order chi connectivity index (χ0) is 25.7. The first-order valence-corrected chi connectivity index (χ1v) is 12.2. The molecule has 36 heavy (non-hydrogen) atoms. The second-order valence-corrected chi connectivity index (χ2v) is 9.08. The highest BCUT2D eigenvalue weighted by Gasteiger charge is 2.30. The largest absolute Gasteiger partial charge is 0.493 e. The quantitative estimate of drug-likeness (QED) is 0.361. The predicted octanol–water partition coefficient (Wildman–Crippen LogP) is 5.31. The summed E-state index contributed by atoms with van der Waals surface area (Å²) in [6, 6.07) is 18.9. The van der Waals surface area contributed by atoms with Crippen molar-refractivity contribution in [3.63, 3.8) is 0 Å². The molecule has 0 spiro atoms. The molecule has 3 aromatic carbocycles. The van der Waals surface area contributed by atoms with E-state index in [4.69, 9.17) is 23.7 Å². The van der Waals surface area contributed by atoms with Crippen LogP contribution in [-0.4, -0.2) is 51.8 Å². The van der Waals surface area contributed by atoms with E-state index in [1.807, 2.05) is 30.3 Å². The first-order valence-electron chi connectivity index (χ1n) is 12.2. The summed E-state index contributed by atoms with van der Waals surface area (Å²) in [4.78, 5) is 0. The highest BCUT2D eigenvalue weighted by molar-refractivity contribution is 5.99. The average molecular weight is 491 g/mol. The van der Waals surface area contributed by atoms with E-state index in [1.165, 1.54) is 16.8 Å². The van der Waals surface area contributed by atoms with E-state index in [2.05, 4.69) is 42.8 Å². The minimum absolute atomic E-state index is 0.383. The van der Waals surface area contributed by atoms with Crippen LogP contribution in [0.1, 0.15) is 35.6 Å². The van der Waals surface area contributed by atoms with Crippen molar-refractivity contribution in [3.8, 4) is 28.7 Å². The van der Waals surface area contributed by atoms with E-state index in [-0.39, 0.29) is 0 Å². The van der Waals surface area contributed by atoms with Gasteiger partial charge in [-0.3, -0.25) is 0 Å². The van der Waals surface area contributed by atoms with Gasteiger partial charge in [-0.05, 0) is 54.3 Å². The number of aryl methyl sites for hydroxylation is 1. The summed E-state index contributed by atoms with van der Waals surface area (Å²) in [7, 11) is 8.79. The maximum Gasteiger partial charge on any atom is 0.203 e. The molecular formula is C30H36NO5+. The Labute approximate surface area is 214 Å². The molecule has 3 aromatic rings. The molecule has 1 atom stereocenters. The van der Waals surface area contributed by atoms with Crippen molar-refractivity contribution < 1.29 is 28.3 Å². The summed E-state index contributed by atoms with van der Waals surface area (Å²) in [6.45, 7) is 2.75. The van der Waals surface area contributed by atoms with Gasteiger partial charge in [-0.15, -0.1) is 0 Å². The van der Waals surface area contributed by atoms with Gasteiger partial charge in [0.1, 0.15) is 13.7 Å². The van der Waals surface area contributed by atoms with Crippen LogP contribution in [0.3, 0.4) is 0 Å². The second kappa shape index (κ2) is 11.4. The van der Waals surface area contributed by atoms with Gasteiger partial charge in [0.05, 0.1) is 28.4 Å². The average Bonchev–Trinajstić information content (AvgIpc) is 2.91. The van der Waals surface area contributed by atoms with Crippen LogP contribution in [0.15, 0.2) is 54.6 Å². The fraction of sp³-hybridized carbons (Fsp3) is 0.367. The first kappa shape index (κ1) is 25.4. The number of methoxy groups -OCH3 is 4. The van der Waals surface area contributed by atoms with Crippen LogP contribution in [0, 0.1) is 0 Å². The van der Waals surface area contributed by atoms with E-state index < -0.39 is 0 Å². The second-order valence-electron chi connectivity index (χ2n) is 9.08. The fourth-order valence-electron chi connectivity index (χ4n) is 4.81. The molecule has 0 aliphatic carbocycles. The predicted molar refractivity (Wildman–Crippen MR) is 142 cm³/mol. The first-order chi connectivity index (χ1) is 17.5. The van der Waals surface area contributed by atoms with Gasteiger partial charge in [0, 0.05) is 18.4 Å². The highest BCUT2D eigenvalue weighted by atomic mass is 16.5. The number of rotatable bonds is 10. The maximum atomic E-state index is 6.24. The molecule has 1 aliphatic rings. The lowest BCUT2D eigenvalue weighted by Crippen LogP contribution is -2.34. The molecule has 0 aromatic heterocycles. The van der Waals surface area contributed by atoms with Gasteiger partial charge in [-0.1, -0.05) is 30.3 Å². The van der Waals surface area contributed by atoms with E-state index in [0.29, 0.717) is 29.9 Å². The van der Waals surface area contributed by atoms with Crippen molar-refractivity contribution in [1.82, 2.24) is 0 Å². The maximum absolute atomic E-state index is 6.24. The fourth-order valence-corrected chi connectivity index (χ4v) is 4.81. The lowest BCUT2D eigenvalue weighted by molar-refractivity contribution is -0.536. The summed E-state index contributed by atoms with van der Waals surface area (Å²) < 4.78 is 30.9. The molecule has 1 heterocycles. The van der Waals surface area contributed by atoms with Crippen molar-refractivity contribution in [2.45, 2.75) is 38.8 Å². The van der Waals surface area contributed by atoms with E-state index in [1.54, 1.807) is 28.4 Å². The third kappa shape index (κ3) is 5.27. The number of likely N-dealkylation sites (N-methyl/N-ethyl adjacent to an activating group) is 1. The summed E-state index contributed by atoms with van der Waals surface area (Å²) in [5, 5.41) is 0. The molecule has 190 valence electrons. The van der Waals surface area contributed by atoms with Gasteiger partial charge >= 0.3 is 0 Å². The summed E-state index contributed by atoms with van der Waals surface area (Å²) in [6.07, 6.45) is 2.64. The van der Waals surface area contributed by atoms with Crippen LogP contribution in [0.2, 0.25) is 0 Å². The molecule has 1 unspecified atom stereocenters. The molecule has 6 nitrogen and oxygen atoms in total. The van der Waals surface area contributed by atoms with E-state index in [9.17, 15) is 0 Å². The topological polar surface area (TPSA) is 49.2 Å². The number of nitrogens with zero attached hydrogens (tertiary/aromatic N) is 1. The molecule has 0 N–H and O–H groups in total. The summed E-state index contributed by atoms with van der Waals surface area (Å²) in [5.74, 6) is 3.48. The van der Waals surface area contributed by atoms with Crippen LogP contribution in [-0.2, 0) is 19.4 Å². The van der Waals surface area contributed by atoms with Gasteiger partial charge in [0.2, 0.25) is 5.75 Å². The Balaban J connectivity index is 1.64. The Bertz CT molecular complexity index is 1210. The number of fused-ring (bicyclic) bond motifs is 1. The molecule has 0 saturated carbocycles. The van der Waals surface area contributed by atoms with Crippen LogP contribution in [0.4, 0.5) is 0 Å². The van der Waals surface area contributed by atoms with Crippen molar-refractivity contribution in [1.29, 1.82) is 0 Å². The van der Waals surface area contributed by atoms with Gasteiger partial charge < -0.3 is 23.7 Å². The normalized spacial score (nSPS) is 14.8. The van der Waals surface area contributed by atoms with Crippen molar-refractivity contribution in [2.75, 3.05) is 35.5 Å². The number of benzene rings is 3. The minimum Gasteiger partial charge on any atom is -0.493 e. The third-order valence-electron chi connectivity index (χ3n) is 6.91. The number of hydrogen-bond acceptors (Lipinski definition) is 5. The molecule has 0 fully saturated rings. The number of ether oxygens (including phenoxy) is 5. The lowest BCUT2D eigenvalue weighted by atomic mass is 9.89. The summed E-state index contributed by atoms with van der Waals surface area (Å²) in [5.41, 5.74) is 6.02. The smallest absolute Gasteiger partial charge is 0.203 e. The SMILES string of the molecule is COc1cc2c(cc1OCc1ccccc1)C(CCc1cc(OC)c(OC)c(OC)c1)=[N+](C)C(C)C2. The van der Waals surface area contributed by atoms with E-state index >= 15 is 0 Å². The van der Waals surface area contributed by atoms with Crippen LogP contribution < -0.4 is 23.7 Å². The van der Waals surface area contributed by atoms with Crippen molar-refractivity contribution in [2.24, 2.45) is 0 Å². The van der Waals surface area contributed by atoms with Crippen molar-refractivity contribution in [3.05, 3.63) is 76.9 Å². The monoisotopic (exact) mass is 490 g/mol. The Kier molecular flexibility index (Phi) is 8.04. The van der Waals surface area contributed by atoms with Crippen LogP contribution in [0.5, 0.6) is 28.7 Å². The highest BCUT2D eigenvalue weighted by Crippen LogP contribution is 2.39. The molecular weight excluding hydrogens is 454 g/mol. The third-order valence-corrected chi connectivity index (χ3v) is 6.91. The zero-order valence-corrected chi connectivity index (χ0v) is 22.1. The molecule has 4 rings (SSSR count). The molecule has 6 heteroatoms.